The Kier molecular flexibility index (Phi) is 10.7. The van der Waals surface area contributed by atoms with Gasteiger partial charge in [0, 0.05) is 12.4 Å². The van der Waals surface area contributed by atoms with Crippen LogP contribution in [0.15, 0.2) is 189 Å². The molecule has 0 aliphatic rings. The van der Waals surface area contributed by atoms with Crippen molar-refractivity contribution in [3.05, 3.63) is 200 Å². The average Bonchev–Trinajstić information content (AvgIpc) is 3.72. The summed E-state index contributed by atoms with van der Waals surface area (Å²) in [5, 5.41) is 0.993. The van der Waals surface area contributed by atoms with Crippen molar-refractivity contribution >= 4 is 37.8 Å². The molecule has 6 aromatic carbocycles. The largest absolute Gasteiger partial charge is 0.497 e. The van der Waals surface area contributed by atoms with E-state index in [0.717, 1.165) is 11.5 Å². The van der Waals surface area contributed by atoms with Crippen molar-refractivity contribution in [1.29, 1.82) is 0 Å². The molecule has 0 amide bonds. The lowest BCUT2D eigenvalue weighted by Gasteiger charge is -2.37. The van der Waals surface area contributed by atoms with E-state index in [4.69, 9.17) is 9.47 Å². The summed E-state index contributed by atoms with van der Waals surface area (Å²) in [4.78, 5) is 4.39. The smallest absolute Gasteiger partial charge is 0.241 e. The maximum Gasteiger partial charge on any atom is 0.241 e. The Hall–Kier alpha value is -5.59. The van der Waals surface area contributed by atoms with Crippen molar-refractivity contribution in [2.45, 2.75) is 5.16 Å². The summed E-state index contributed by atoms with van der Waals surface area (Å²) in [6.45, 7) is 0.309. The minimum Gasteiger partial charge on any atom is -0.497 e. The zero-order chi connectivity index (χ0) is 33.0. The summed E-state index contributed by atoms with van der Waals surface area (Å²) in [7, 11) is 2.51. The molecule has 0 N–H and O–H groups in total. The standard InChI is InChI=1S/C24H24N2O2Si.C18H15B/c1-27-21-10-6-8-19(16-21)24(26-15-14-25-18-26,29-23-12-4-3-5-13-23)20-9-7-11-22(17-20)28-2;1-4-10-16(11-5-1)19(17-12-6-2-7-13-17)18-14-8-3-9-15-18/h3-18H,29H2,1-2H3;1-15H. The molecule has 7 rings (SSSR count). The number of hydrogen-bond acceptors (Lipinski definition) is 3. The van der Waals surface area contributed by atoms with Gasteiger partial charge in [-0.05, 0) is 35.4 Å². The zero-order valence-electron chi connectivity index (χ0n) is 27.4. The van der Waals surface area contributed by atoms with Crippen LogP contribution in [0.1, 0.15) is 11.1 Å². The second kappa shape index (κ2) is 15.8. The van der Waals surface area contributed by atoms with E-state index in [9.17, 15) is 0 Å². The van der Waals surface area contributed by atoms with Crippen LogP contribution < -0.4 is 31.0 Å². The van der Waals surface area contributed by atoms with Gasteiger partial charge in [0.2, 0.25) is 6.71 Å². The summed E-state index contributed by atoms with van der Waals surface area (Å²) in [5.41, 5.74) is 6.36. The van der Waals surface area contributed by atoms with Crippen molar-refractivity contribution in [3.63, 3.8) is 0 Å². The van der Waals surface area contributed by atoms with Crippen LogP contribution in [-0.4, -0.2) is 40.0 Å². The number of rotatable bonds is 10. The Balaban J connectivity index is 0.000000182. The number of benzene rings is 6. The van der Waals surface area contributed by atoms with Crippen molar-refractivity contribution in [3.8, 4) is 11.5 Å². The summed E-state index contributed by atoms with van der Waals surface area (Å²) in [5.74, 6) is 1.69. The maximum absolute atomic E-state index is 5.56. The van der Waals surface area contributed by atoms with Crippen LogP contribution >= 0.6 is 0 Å². The Morgan fingerprint density at radius 3 is 1.38 bits per heavy atom. The van der Waals surface area contributed by atoms with E-state index in [0.29, 0.717) is 6.71 Å². The van der Waals surface area contributed by atoms with Gasteiger partial charge in [-0.2, -0.15) is 0 Å². The fourth-order valence-corrected chi connectivity index (χ4v) is 8.73. The third kappa shape index (κ3) is 7.35. The Morgan fingerprint density at radius 1 is 0.542 bits per heavy atom. The lowest BCUT2D eigenvalue weighted by Crippen LogP contribution is -2.51. The first-order valence-electron chi connectivity index (χ1n) is 16.2. The molecular weight excluding hydrogens is 603 g/mol. The van der Waals surface area contributed by atoms with Crippen LogP contribution in [0.2, 0.25) is 0 Å². The van der Waals surface area contributed by atoms with Crippen molar-refractivity contribution in [2.24, 2.45) is 0 Å². The third-order valence-electron chi connectivity index (χ3n) is 8.74. The maximum atomic E-state index is 5.56. The van der Waals surface area contributed by atoms with Gasteiger partial charge in [-0.3, -0.25) is 0 Å². The van der Waals surface area contributed by atoms with Gasteiger partial charge in [0.1, 0.15) is 11.5 Å². The van der Waals surface area contributed by atoms with Gasteiger partial charge in [0.25, 0.3) is 0 Å². The van der Waals surface area contributed by atoms with E-state index in [2.05, 4.69) is 173 Å². The summed E-state index contributed by atoms with van der Waals surface area (Å²) in [6, 6.07) is 59.5. The number of nitrogens with zero attached hydrogens (tertiary/aromatic N) is 2. The first-order chi connectivity index (χ1) is 23.7. The first-order valence-corrected chi connectivity index (χ1v) is 17.6. The highest BCUT2D eigenvalue weighted by atomic mass is 28.2. The lowest BCUT2D eigenvalue weighted by molar-refractivity contribution is 0.411. The molecule has 0 bridgehead atoms. The fourth-order valence-electron chi connectivity index (χ4n) is 6.41. The number of hydrogen-bond donors (Lipinski definition) is 0. The predicted octanol–water partition coefficient (Wildman–Crippen LogP) is 5.35. The summed E-state index contributed by atoms with van der Waals surface area (Å²) < 4.78 is 13.4. The molecule has 7 aromatic rings. The first kappa shape index (κ1) is 32.4. The Labute approximate surface area is 286 Å². The Morgan fingerprint density at radius 2 is 0.979 bits per heavy atom. The van der Waals surface area contributed by atoms with Crippen molar-refractivity contribution in [2.75, 3.05) is 14.2 Å². The number of ether oxygens (including phenoxy) is 2. The molecule has 1 heterocycles. The van der Waals surface area contributed by atoms with Crippen molar-refractivity contribution in [1.82, 2.24) is 9.55 Å². The van der Waals surface area contributed by atoms with Gasteiger partial charge < -0.3 is 14.0 Å². The minimum atomic E-state index is -0.905. The summed E-state index contributed by atoms with van der Waals surface area (Å²) in [6.07, 6.45) is 5.80. The monoisotopic (exact) mass is 642 g/mol. The molecule has 6 heteroatoms. The van der Waals surface area contributed by atoms with Gasteiger partial charge in [-0.25, -0.2) is 4.98 Å². The number of methoxy groups -OCH3 is 2. The molecule has 48 heavy (non-hydrogen) atoms. The van der Waals surface area contributed by atoms with Gasteiger partial charge >= 0.3 is 0 Å². The molecule has 0 aliphatic carbocycles. The minimum absolute atomic E-state index is 0.309. The van der Waals surface area contributed by atoms with Crippen LogP contribution in [0, 0.1) is 0 Å². The van der Waals surface area contributed by atoms with Crippen LogP contribution in [0.4, 0.5) is 0 Å². The molecule has 0 saturated heterocycles. The average molecular weight is 643 g/mol. The molecule has 0 radical (unpaired) electrons. The Bertz CT molecular complexity index is 1830. The van der Waals surface area contributed by atoms with Gasteiger partial charge in [-0.15, -0.1) is 0 Å². The molecule has 0 aliphatic heterocycles. The highest BCUT2D eigenvalue weighted by Gasteiger charge is 2.37. The van der Waals surface area contributed by atoms with E-state index in [-0.39, 0.29) is 5.16 Å². The molecule has 1 aromatic heterocycles. The second-order valence-corrected chi connectivity index (χ2v) is 13.8. The van der Waals surface area contributed by atoms with E-state index in [1.165, 1.54) is 32.7 Å². The van der Waals surface area contributed by atoms with Crippen LogP contribution in [0.25, 0.3) is 0 Å². The van der Waals surface area contributed by atoms with Crippen LogP contribution in [0.5, 0.6) is 11.5 Å². The van der Waals surface area contributed by atoms with Crippen molar-refractivity contribution < 1.29 is 9.47 Å². The van der Waals surface area contributed by atoms with Crippen LogP contribution in [0.3, 0.4) is 0 Å². The van der Waals surface area contributed by atoms with Crippen LogP contribution in [-0.2, 0) is 5.16 Å². The molecule has 4 nitrogen and oxygen atoms in total. The number of aromatic nitrogens is 2. The van der Waals surface area contributed by atoms with Gasteiger partial charge in [-0.1, -0.05) is 167 Å². The SMILES string of the molecule is COc1cccc(C([SiH2]c2ccccc2)(c2cccc(OC)c2)n2ccnc2)c1.c1ccc(B(c2ccccc2)c2ccccc2)cc1. The predicted molar refractivity (Wildman–Crippen MR) is 203 cm³/mol. The molecular formula is C42H39BN2O2Si. The molecule has 0 spiro atoms. The highest BCUT2D eigenvalue weighted by Crippen LogP contribution is 2.36. The third-order valence-corrected chi connectivity index (χ3v) is 11.3. The van der Waals surface area contributed by atoms with Gasteiger partial charge in [0.15, 0.2) is 0 Å². The van der Waals surface area contributed by atoms with E-state index < -0.39 is 9.52 Å². The van der Waals surface area contributed by atoms with E-state index in [1.807, 2.05) is 24.7 Å². The molecule has 236 valence electrons. The normalized spacial score (nSPS) is 11.0. The topological polar surface area (TPSA) is 36.3 Å². The quantitative estimate of drug-likeness (QED) is 0.189. The lowest BCUT2D eigenvalue weighted by atomic mass is 9.37. The van der Waals surface area contributed by atoms with E-state index in [1.54, 1.807) is 14.2 Å². The fraction of sp³-hybridized carbons (Fsp3) is 0.0714. The van der Waals surface area contributed by atoms with Gasteiger partial charge in [0.05, 0.1) is 35.2 Å². The summed E-state index contributed by atoms with van der Waals surface area (Å²) >= 11 is 0. The van der Waals surface area contributed by atoms with E-state index >= 15 is 0 Å². The molecule has 0 saturated carbocycles. The highest BCUT2D eigenvalue weighted by molar-refractivity contribution is 6.95. The zero-order valence-corrected chi connectivity index (χ0v) is 28.8. The molecule has 0 unspecified atom stereocenters. The molecule has 0 fully saturated rings. The number of imidazole rings is 1. The second-order valence-electron chi connectivity index (χ2n) is 11.6. The molecule has 0 atom stereocenters.